The third kappa shape index (κ3) is 5.58. The van der Waals surface area contributed by atoms with Crippen molar-refractivity contribution in [3.63, 3.8) is 0 Å². The van der Waals surface area contributed by atoms with E-state index in [1.165, 1.54) is 4.90 Å². The van der Waals surface area contributed by atoms with Gasteiger partial charge in [-0.05, 0) is 52.1 Å². The molecule has 2 fully saturated rings. The van der Waals surface area contributed by atoms with Crippen LogP contribution in [0.25, 0.3) is 5.57 Å². The molecule has 0 spiro atoms. The van der Waals surface area contributed by atoms with Crippen molar-refractivity contribution >= 4 is 23.4 Å². The van der Waals surface area contributed by atoms with E-state index in [2.05, 4.69) is 4.98 Å². The fourth-order valence-electron chi connectivity index (χ4n) is 8.20. The van der Waals surface area contributed by atoms with Crippen molar-refractivity contribution < 1.29 is 24.2 Å². The summed E-state index contributed by atoms with van der Waals surface area (Å²) in [5, 5.41) is 13.0. The predicted molar refractivity (Wildman–Crippen MR) is 190 cm³/mol. The summed E-state index contributed by atoms with van der Waals surface area (Å²) in [6.07, 6.45) is 5.46. The Labute approximate surface area is 295 Å². The maximum atomic E-state index is 14.5. The molecule has 0 radical (unpaired) electrons. The van der Waals surface area contributed by atoms with Gasteiger partial charge in [0.05, 0.1) is 36.2 Å². The van der Waals surface area contributed by atoms with Crippen LogP contribution in [0.4, 0.5) is 0 Å². The number of nitrogens with zero attached hydrogens (tertiary/aromatic N) is 3. The minimum atomic E-state index is -1.70. The molecule has 8 nitrogen and oxygen atoms in total. The van der Waals surface area contributed by atoms with Crippen LogP contribution in [-0.2, 0) is 31.1 Å². The van der Waals surface area contributed by atoms with E-state index < -0.39 is 35.2 Å². The van der Waals surface area contributed by atoms with Crippen molar-refractivity contribution in [3.05, 3.63) is 185 Å². The molecule has 3 aliphatic rings. The van der Waals surface area contributed by atoms with E-state index in [0.29, 0.717) is 22.5 Å². The van der Waals surface area contributed by atoms with Gasteiger partial charge in [0.25, 0.3) is 0 Å². The zero-order chi connectivity index (χ0) is 35.0. The molecule has 3 aromatic carbocycles. The number of hydrogen-bond acceptors (Lipinski definition) is 7. The largest absolute Gasteiger partial charge is 0.464 e. The first-order valence-electron chi connectivity index (χ1n) is 17.1. The van der Waals surface area contributed by atoms with Crippen LogP contribution in [0.5, 0.6) is 0 Å². The zero-order valence-corrected chi connectivity index (χ0v) is 27.7. The van der Waals surface area contributed by atoms with Gasteiger partial charge in [-0.3, -0.25) is 29.3 Å². The molecule has 1 aliphatic heterocycles. The molecule has 1 unspecified atom stereocenters. The molecule has 2 bridgehead atoms. The lowest BCUT2D eigenvalue weighted by Gasteiger charge is -2.36. The van der Waals surface area contributed by atoms with Gasteiger partial charge in [0.15, 0.2) is 5.60 Å². The van der Waals surface area contributed by atoms with Crippen molar-refractivity contribution in [1.82, 2.24) is 14.9 Å². The number of benzene rings is 3. The number of imide groups is 1. The number of aliphatic hydroxyl groups is 1. The van der Waals surface area contributed by atoms with E-state index >= 15 is 0 Å². The molecule has 2 aliphatic carbocycles. The van der Waals surface area contributed by atoms with E-state index in [4.69, 9.17) is 9.72 Å². The van der Waals surface area contributed by atoms with E-state index in [-0.39, 0.29) is 31.4 Å². The lowest BCUT2D eigenvalue weighted by molar-refractivity contribution is -0.148. The lowest BCUT2D eigenvalue weighted by atomic mass is 9.71. The second-order valence-corrected chi connectivity index (χ2v) is 13.1. The molecule has 2 aromatic heterocycles. The highest BCUT2D eigenvalue weighted by molar-refractivity contribution is 6.08. The van der Waals surface area contributed by atoms with E-state index in [1.54, 1.807) is 24.5 Å². The molecule has 2 amide bonds. The Morgan fingerprint density at radius 1 is 0.745 bits per heavy atom. The van der Waals surface area contributed by atoms with E-state index in [1.807, 2.05) is 121 Å². The Hall–Kier alpha value is -5.99. The summed E-state index contributed by atoms with van der Waals surface area (Å²) in [5.74, 6) is -3.70. The number of pyridine rings is 2. The molecular formula is C43H35N3O5. The van der Waals surface area contributed by atoms with Gasteiger partial charge in [-0.15, -0.1) is 0 Å². The Kier molecular flexibility index (Phi) is 8.45. The summed E-state index contributed by atoms with van der Waals surface area (Å²) in [6, 6.07) is 39.6. The minimum Gasteiger partial charge on any atom is -0.464 e. The molecule has 51 heavy (non-hydrogen) atoms. The lowest BCUT2D eigenvalue weighted by Crippen LogP contribution is -2.39. The number of allylic oxidation sites excluding steroid dienone is 2. The number of hydrogen-bond donors (Lipinski definition) is 1. The summed E-state index contributed by atoms with van der Waals surface area (Å²) >= 11 is 0. The van der Waals surface area contributed by atoms with Crippen LogP contribution in [-0.4, -0.2) is 50.9 Å². The molecule has 8 rings (SSSR count). The smallest absolute Gasteiger partial charge is 0.310 e. The van der Waals surface area contributed by atoms with Crippen LogP contribution in [0.1, 0.15) is 28.1 Å². The van der Waals surface area contributed by atoms with Crippen LogP contribution in [0.3, 0.4) is 0 Å². The van der Waals surface area contributed by atoms with Crippen LogP contribution in [0.15, 0.2) is 157 Å². The van der Waals surface area contributed by atoms with Gasteiger partial charge in [0, 0.05) is 29.8 Å². The number of carbonyl (C=O) groups excluding carboxylic acids is 3. The van der Waals surface area contributed by atoms with Crippen LogP contribution < -0.4 is 0 Å². The van der Waals surface area contributed by atoms with E-state index in [0.717, 1.165) is 22.3 Å². The Morgan fingerprint density at radius 2 is 1.37 bits per heavy atom. The first-order chi connectivity index (χ1) is 25.0. The predicted octanol–water partition coefficient (Wildman–Crippen LogP) is 5.79. The van der Waals surface area contributed by atoms with Gasteiger partial charge in [-0.2, -0.15) is 0 Å². The van der Waals surface area contributed by atoms with Gasteiger partial charge in [-0.1, -0.05) is 109 Å². The van der Waals surface area contributed by atoms with Gasteiger partial charge in [0.2, 0.25) is 11.8 Å². The van der Waals surface area contributed by atoms with Gasteiger partial charge >= 0.3 is 5.97 Å². The minimum absolute atomic E-state index is 0.0476. The monoisotopic (exact) mass is 673 g/mol. The topological polar surface area (TPSA) is 110 Å². The molecule has 1 saturated heterocycles. The molecular weight excluding hydrogens is 638 g/mol. The molecule has 1 N–H and O–H groups in total. The highest BCUT2D eigenvalue weighted by atomic mass is 16.5. The van der Waals surface area contributed by atoms with Gasteiger partial charge < -0.3 is 9.84 Å². The molecule has 5 aromatic rings. The third-order valence-corrected chi connectivity index (χ3v) is 10.3. The Morgan fingerprint density at radius 3 is 2.04 bits per heavy atom. The number of rotatable bonds is 10. The fourth-order valence-corrected chi connectivity index (χ4v) is 8.20. The molecule has 252 valence electrons. The van der Waals surface area contributed by atoms with Gasteiger partial charge in [-0.25, -0.2) is 0 Å². The number of ether oxygens (including phenoxy) is 1. The standard InChI is InChI=1S/C43H35N3O5/c47-35(26-28-14-4-1-5-15-28)51-25-24-46-41(48)38-31-27-32(43(50,30-18-8-3-9-19-30)34-21-11-13-23-45-34)39(40(38)42(46)49)37(31)36(29-16-6-2-7-17-29)33-20-10-12-22-44-33/h1-23,27,31,38-40,50H,24-26H2/t31-,38-,39+,40-,43?/m0/s1. The Bertz CT molecular complexity index is 2060. The number of amides is 2. The van der Waals surface area contributed by atoms with Crippen LogP contribution >= 0.6 is 0 Å². The third-order valence-electron chi connectivity index (χ3n) is 10.3. The molecule has 8 heteroatoms. The highest BCUT2D eigenvalue weighted by Crippen LogP contribution is 2.64. The first kappa shape index (κ1) is 32.2. The summed E-state index contributed by atoms with van der Waals surface area (Å²) in [7, 11) is 0. The molecule has 3 heterocycles. The summed E-state index contributed by atoms with van der Waals surface area (Å²) < 4.78 is 5.50. The molecule has 5 atom stereocenters. The quantitative estimate of drug-likeness (QED) is 0.114. The molecule has 1 saturated carbocycles. The van der Waals surface area contributed by atoms with Crippen molar-refractivity contribution in [2.45, 2.75) is 12.0 Å². The van der Waals surface area contributed by atoms with Crippen molar-refractivity contribution in [2.24, 2.45) is 23.7 Å². The fraction of sp³-hybridized carbons (Fsp3) is 0.186. The normalized spacial score (nSPS) is 22.7. The number of esters is 1. The highest BCUT2D eigenvalue weighted by Gasteiger charge is 2.66. The average Bonchev–Trinajstić information content (AvgIpc) is 3.79. The SMILES string of the molecule is O=C(Cc1ccccc1)OCCN1C(=O)[C@@H]2[C@@H]3C(C(O)(c4ccccc4)c4ccccn4)=C[C@@H](C3=C(c3ccccc3)c3ccccn3)[C@@H]2C1=O. The zero-order valence-electron chi connectivity index (χ0n) is 27.7. The maximum Gasteiger partial charge on any atom is 0.310 e. The Balaban J connectivity index is 1.22. The summed E-state index contributed by atoms with van der Waals surface area (Å²) in [5.41, 5.74) is 4.09. The first-order valence-corrected chi connectivity index (χ1v) is 17.1. The number of carbonyl (C=O) groups is 3. The summed E-state index contributed by atoms with van der Waals surface area (Å²) in [6.45, 7) is -0.153. The number of fused-ring (bicyclic) bond motifs is 5. The van der Waals surface area contributed by atoms with Crippen molar-refractivity contribution in [2.75, 3.05) is 13.2 Å². The second-order valence-electron chi connectivity index (χ2n) is 13.1. The maximum absolute atomic E-state index is 14.5. The number of likely N-dealkylation sites (tertiary alicyclic amines) is 1. The second kappa shape index (κ2) is 13.4. The number of aromatic nitrogens is 2. The van der Waals surface area contributed by atoms with Crippen LogP contribution in [0.2, 0.25) is 0 Å². The average molecular weight is 674 g/mol. The van der Waals surface area contributed by atoms with Crippen molar-refractivity contribution in [1.29, 1.82) is 0 Å². The van der Waals surface area contributed by atoms with Crippen molar-refractivity contribution in [3.8, 4) is 0 Å². The van der Waals surface area contributed by atoms with Gasteiger partial charge in [0.1, 0.15) is 6.61 Å². The van der Waals surface area contributed by atoms with E-state index in [9.17, 15) is 19.5 Å². The van der Waals surface area contributed by atoms with Crippen LogP contribution in [0, 0.1) is 23.7 Å². The summed E-state index contributed by atoms with van der Waals surface area (Å²) in [4.78, 5) is 52.1.